The van der Waals surface area contributed by atoms with Gasteiger partial charge in [-0.1, -0.05) is 67.8 Å². The second-order valence-electron chi connectivity index (χ2n) is 11.1. The summed E-state index contributed by atoms with van der Waals surface area (Å²) >= 11 is 0. The largest absolute Gasteiger partial charge is 0.487 e. The minimum atomic E-state index is -0.888. The first-order chi connectivity index (χ1) is 16.6. The van der Waals surface area contributed by atoms with Gasteiger partial charge in [0, 0.05) is 18.8 Å². The molecule has 184 valence electrons. The van der Waals surface area contributed by atoms with Crippen molar-refractivity contribution in [2.24, 2.45) is 11.8 Å². The lowest BCUT2D eigenvalue weighted by molar-refractivity contribution is -0.966. The molecule has 1 N–H and O–H groups in total. The zero-order chi connectivity index (χ0) is 23.4. The Morgan fingerprint density at radius 2 is 1.56 bits per heavy atom. The van der Waals surface area contributed by atoms with Gasteiger partial charge in [-0.15, -0.1) is 0 Å². The molecule has 3 saturated heterocycles. The fraction of sp³-hybridized carbons (Fsp3) is 0.600. The summed E-state index contributed by atoms with van der Waals surface area (Å²) in [5, 5.41) is 12.0. The Balaban J connectivity index is 1.26. The summed E-state index contributed by atoms with van der Waals surface area (Å²) < 4.78 is 14.0. The molecule has 1 saturated carbocycles. The first-order valence-corrected chi connectivity index (χ1v) is 13.5. The van der Waals surface area contributed by atoms with Crippen LogP contribution in [0, 0.1) is 11.8 Å². The molecular weight excluding hydrogens is 422 g/mol. The Labute approximate surface area is 205 Å². The zero-order valence-electron chi connectivity index (χ0n) is 20.8. The molecule has 3 aliphatic heterocycles. The molecule has 3 heterocycles. The van der Waals surface area contributed by atoms with E-state index in [1.165, 1.54) is 45.2 Å². The van der Waals surface area contributed by atoms with Crippen LogP contribution in [0.1, 0.15) is 57.4 Å². The number of benzene rings is 2. The Bertz CT molecular complexity index is 890. The molecule has 0 amide bonds. The third kappa shape index (κ3) is 4.91. The molecule has 0 spiro atoms. The molecule has 6 rings (SSSR count). The lowest BCUT2D eigenvalue weighted by Crippen LogP contribution is -2.68. The number of rotatable bonds is 9. The number of piperidine rings is 3. The third-order valence-electron chi connectivity index (χ3n) is 9.20. The van der Waals surface area contributed by atoms with Crippen LogP contribution in [0.4, 0.5) is 0 Å². The van der Waals surface area contributed by atoms with E-state index in [1.807, 2.05) is 48.5 Å². The molecule has 4 heteroatoms. The summed E-state index contributed by atoms with van der Waals surface area (Å²) in [7, 11) is 0. The summed E-state index contributed by atoms with van der Waals surface area (Å²) in [5.74, 6) is 1.85. The number of ether oxygens (including phenoxy) is 2. The molecular formula is C30H42NO3+. The number of hydrogen-bond donors (Lipinski definition) is 1. The fourth-order valence-electron chi connectivity index (χ4n) is 6.84. The van der Waals surface area contributed by atoms with E-state index in [0.717, 1.165) is 41.8 Å². The Kier molecular flexibility index (Phi) is 7.29. The van der Waals surface area contributed by atoms with E-state index < -0.39 is 5.60 Å². The smallest absolute Gasteiger partial charge is 0.140 e. The van der Waals surface area contributed by atoms with E-state index in [4.69, 9.17) is 9.47 Å². The van der Waals surface area contributed by atoms with Crippen molar-refractivity contribution in [3.8, 4) is 5.75 Å². The van der Waals surface area contributed by atoms with Gasteiger partial charge in [-0.05, 0) is 43.4 Å². The van der Waals surface area contributed by atoms with E-state index >= 15 is 0 Å². The van der Waals surface area contributed by atoms with Crippen LogP contribution in [0.5, 0.6) is 5.75 Å². The van der Waals surface area contributed by atoms with Crippen LogP contribution in [-0.4, -0.2) is 54.6 Å². The van der Waals surface area contributed by atoms with Crippen molar-refractivity contribution in [3.05, 3.63) is 66.2 Å². The fourth-order valence-corrected chi connectivity index (χ4v) is 6.84. The van der Waals surface area contributed by atoms with Gasteiger partial charge in [-0.25, -0.2) is 0 Å². The van der Waals surface area contributed by atoms with Crippen LogP contribution < -0.4 is 4.74 Å². The summed E-state index contributed by atoms with van der Waals surface area (Å²) in [6, 6.07) is 20.9. The molecule has 0 aromatic heterocycles. The average molecular weight is 465 g/mol. The highest BCUT2D eigenvalue weighted by molar-refractivity contribution is 5.24. The third-order valence-corrected chi connectivity index (χ3v) is 9.20. The van der Waals surface area contributed by atoms with Crippen molar-refractivity contribution in [2.75, 3.05) is 32.8 Å². The van der Waals surface area contributed by atoms with Crippen molar-refractivity contribution in [2.45, 2.75) is 69.6 Å². The van der Waals surface area contributed by atoms with Crippen molar-refractivity contribution in [1.82, 2.24) is 0 Å². The summed E-state index contributed by atoms with van der Waals surface area (Å²) in [5.41, 5.74) is 0.136. The molecule has 3 unspecified atom stereocenters. The van der Waals surface area contributed by atoms with Gasteiger partial charge >= 0.3 is 0 Å². The predicted molar refractivity (Wildman–Crippen MR) is 136 cm³/mol. The highest BCUT2D eigenvalue weighted by Crippen LogP contribution is 2.42. The first kappa shape index (κ1) is 23.8. The quantitative estimate of drug-likeness (QED) is 0.495. The Morgan fingerprint density at radius 3 is 2.24 bits per heavy atom. The average Bonchev–Trinajstić information content (AvgIpc) is 2.92. The van der Waals surface area contributed by atoms with Crippen LogP contribution in [0.3, 0.4) is 0 Å². The Hall–Kier alpha value is -1.88. The number of hydrogen-bond acceptors (Lipinski definition) is 3. The lowest BCUT2D eigenvalue weighted by Gasteiger charge is -2.55. The predicted octanol–water partition coefficient (Wildman–Crippen LogP) is 5.55. The highest BCUT2D eigenvalue weighted by Gasteiger charge is 2.50. The van der Waals surface area contributed by atoms with Crippen molar-refractivity contribution >= 4 is 0 Å². The van der Waals surface area contributed by atoms with Gasteiger partial charge in [-0.2, -0.15) is 0 Å². The normalized spacial score (nSPS) is 29.9. The number of aliphatic hydroxyl groups is 1. The molecule has 2 bridgehead atoms. The summed E-state index contributed by atoms with van der Waals surface area (Å²) in [6.07, 6.45) is 8.56. The van der Waals surface area contributed by atoms with E-state index in [2.05, 4.69) is 19.1 Å². The highest BCUT2D eigenvalue weighted by atomic mass is 16.5. The number of nitrogens with zero attached hydrogens (tertiary/aromatic N) is 1. The molecule has 34 heavy (non-hydrogen) atoms. The molecule has 0 radical (unpaired) electrons. The van der Waals surface area contributed by atoms with Crippen molar-refractivity contribution in [1.29, 1.82) is 0 Å². The van der Waals surface area contributed by atoms with Gasteiger partial charge < -0.3 is 19.1 Å². The van der Waals surface area contributed by atoms with Gasteiger partial charge in [-0.3, -0.25) is 0 Å². The molecule has 4 fully saturated rings. The molecule has 4 aliphatic rings. The van der Waals surface area contributed by atoms with E-state index in [9.17, 15) is 5.11 Å². The number of quaternary nitrogens is 1. The van der Waals surface area contributed by atoms with E-state index in [-0.39, 0.29) is 12.0 Å². The molecule has 1 aliphatic carbocycles. The zero-order valence-corrected chi connectivity index (χ0v) is 20.8. The standard InChI is InChI=1S/C30H42NO3/c1-24(22-33-28-15-9-4-10-16-28)31-19-17-25(18-20-31)29(21-31)34-23-30(32,26-11-5-2-6-12-26)27-13-7-3-8-14-27/h2,4-6,9-12,15-16,24-25,27,29,32H,3,7-8,13-14,17-23H2,1H3/q+1. The molecule has 3 atom stereocenters. The number of para-hydroxylation sites is 1. The van der Waals surface area contributed by atoms with Gasteiger partial charge in [0.05, 0.1) is 19.7 Å². The molecule has 2 aromatic rings. The second-order valence-corrected chi connectivity index (χ2v) is 11.1. The summed E-state index contributed by atoms with van der Waals surface area (Å²) in [6.45, 7) is 6.97. The minimum absolute atomic E-state index is 0.223. The van der Waals surface area contributed by atoms with Gasteiger partial charge in [0.25, 0.3) is 0 Å². The monoisotopic (exact) mass is 464 g/mol. The van der Waals surface area contributed by atoms with Crippen LogP contribution in [0.25, 0.3) is 0 Å². The van der Waals surface area contributed by atoms with Gasteiger partial charge in [0.15, 0.2) is 0 Å². The maximum absolute atomic E-state index is 12.0. The molecule has 2 aromatic carbocycles. The summed E-state index contributed by atoms with van der Waals surface area (Å²) in [4.78, 5) is 0. The van der Waals surface area contributed by atoms with Crippen molar-refractivity contribution in [3.63, 3.8) is 0 Å². The van der Waals surface area contributed by atoms with E-state index in [0.29, 0.717) is 18.6 Å². The Morgan fingerprint density at radius 1 is 0.912 bits per heavy atom. The number of fused-ring (bicyclic) bond motifs is 3. The van der Waals surface area contributed by atoms with Gasteiger partial charge in [0.1, 0.15) is 36.6 Å². The molecule has 4 nitrogen and oxygen atoms in total. The maximum atomic E-state index is 12.0. The van der Waals surface area contributed by atoms with Crippen molar-refractivity contribution < 1.29 is 19.1 Å². The maximum Gasteiger partial charge on any atom is 0.140 e. The minimum Gasteiger partial charge on any atom is -0.487 e. The van der Waals surface area contributed by atoms with Gasteiger partial charge in [0.2, 0.25) is 0 Å². The van der Waals surface area contributed by atoms with Crippen LogP contribution in [0.2, 0.25) is 0 Å². The SMILES string of the molecule is CC(COc1ccccc1)[N+]12CCC(CC1)C(OCC(O)(c1ccccc1)C1CCCCC1)C2. The van der Waals surface area contributed by atoms with Crippen LogP contribution in [0.15, 0.2) is 60.7 Å². The lowest BCUT2D eigenvalue weighted by atomic mass is 9.73. The topological polar surface area (TPSA) is 38.7 Å². The van der Waals surface area contributed by atoms with E-state index in [1.54, 1.807) is 0 Å². The van der Waals surface area contributed by atoms with Crippen LogP contribution in [-0.2, 0) is 10.3 Å². The van der Waals surface area contributed by atoms with Crippen LogP contribution >= 0.6 is 0 Å². The first-order valence-electron chi connectivity index (χ1n) is 13.5. The second kappa shape index (κ2) is 10.4.